The molecular formula is C85H89N5O2Si2. The summed E-state index contributed by atoms with van der Waals surface area (Å²) >= 11 is 0. The molecule has 0 atom stereocenters. The Balaban J connectivity index is 1.70. The Morgan fingerprint density at radius 2 is 0.511 bits per heavy atom. The van der Waals surface area contributed by atoms with E-state index in [9.17, 15) is 26.3 Å². The number of hydrogen-bond acceptors (Lipinski definition) is 7. The minimum Gasteiger partial charge on any atom is -0.417 e. The maximum Gasteiger partial charge on any atom is 0.191 e. The summed E-state index contributed by atoms with van der Waals surface area (Å²) in [7, 11) is -3.91. The first-order valence-electron chi connectivity index (χ1n) is 33.0. The molecule has 0 aromatic heterocycles. The van der Waals surface area contributed by atoms with Crippen molar-refractivity contribution in [2.45, 2.75) is 182 Å². The first-order valence-corrected chi connectivity index (χ1v) is 38.9. The lowest BCUT2D eigenvalue weighted by Crippen LogP contribution is -2.40. The Labute approximate surface area is 565 Å². The van der Waals surface area contributed by atoms with Gasteiger partial charge >= 0.3 is 0 Å². The van der Waals surface area contributed by atoms with E-state index in [1.807, 2.05) is 91.0 Å². The van der Waals surface area contributed by atoms with Crippen molar-refractivity contribution in [3.63, 3.8) is 0 Å². The van der Waals surface area contributed by atoms with Gasteiger partial charge in [0.25, 0.3) is 0 Å². The van der Waals surface area contributed by atoms with Crippen molar-refractivity contribution in [1.82, 2.24) is 0 Å². The number of nitrogens with zero attached hydrogens (tertiary/aromatic N) is 5. The smallest absolute Gasteiger partial charge is 0.191 e. The number of nitriles is 5. The summed E-state index contributed by atoms with van der Waals surface area (Å²) in [6.07, 6.45) is 19.5. The molecule has 5 aromatic rings. The third-order valence-electron chi connectivity index (χ3n) is 17.0. The Morgan fingerprint density at radius 3 is 0.691 bits per heavy atom. The number of rotatable bonds is 14. The summed E-state index contributed by atoms with van der Waals surface area (Å²) in [5.41, 5.74) is 11.1. The molecule has 1 aliphatic carbocycles. The molecule has 0 radical (unpaired) electrons. The molecule has 7 nitrogen and oxygen atoms in total. The summed E-state index contributed by atoms with van der Waals surface area (Å²) in [5.74, 6) is 33.6. The van der Waals surface area contributed by atoms with Gasteiger partial charge in [-0.1, -0.05) is 141 Å². The Hall–Kier alpha value is -9.60. The molecule has 6 rings (SSSR count). The zero-order valence-corrected chi connectivity index (χ0v) is 59.7. The maximum absolute atomic E-state index is 11.3. The number of fused-ring (bicyclic) bond motifs is 10. The van der Waals surface area contributed by atoms with Crippen molar-refractivity contribution in [2.75, 3.05) is 13.2 Å². The van der Waals surface area contributed by atoms with Crippen LogP contribution in [0.1, 0.15) is 229 Å². The van der Waals surface area contributed by atoms with Crippen LogP contribution in [0.25, 0.3) is 58.2 Å². The molecule has 0 saturated carbocycles. The van der Waals surface area contributed by atoms with Crippen molar-refractivity contribution in [1.29, 1.82) is 26.3 Å². The van der Waals surface area contributed by atoms with Crippen molar-refractivity contribution in [2.24, 2.45) is 0 Å². The Bertz CT molecular complexity index is 4260. The quantitative estimate of drug-likeness (QED) is 0.0613. The van der Waals surface area contributed by atoms with Crippen LogP contribution in [-0.2, 0) is 8.85 Å². The van der Waals surface area contributed by atoms with Gasteiger partial charge < -0.3 is 8.85 Å². The first kappa shape index (κ1) is 73.5. The van der Waals surface area contributed by atoms with E-state index in [2.05, 4.69) is 178 Å². The monoisotopic (exact) mass is 1270 g/mol. The second-order valence-corrected chi connectivity index (χ2v) is 36.4. The van der Waals surface area contributed by atoms with Gasteiger partial charge in [0, 0.05) is 73.1 Å². The lowest BCUT2D eigenvalue weighted by molar-refractivity contribution is 0.284. The number of unbranched alkanes of at least 4 members (excludes halogenated alkanes) is 8. The van der Waals surface area contributed by atoms with Crippen molar-refractivity contribution in [3.05, 3.63) is 174 Å². The van der Waals surface area contributed by atoms with E-state index >= 15 is 0 Å². The van der Waals surface area contributed by atoms with Crippen LogP contribution < -0.4 is 0 Å². The molecule has 0 unspecified atom stereocenters. The largest absolute Gasteiger partial charge is 0.417 e. The molecule has 10 bridgehead atoms. The normalized spacial score (nSPS) is 15.0. The van der Waals surface area contributed by atoms with Crippen LogP contribution in [0.5, 0.6) is 0 Å². The molecule has 5 aromatic carbocycles. The maximum atomic E-state index is 11.3. The molecule has 94 heavy (non-hydrogen) atoms. The third kappa shape index (κ3) is 22.3. The minimum atomic E-state index is -1.96. The van der Waals surface area contributed by atoms with E-state index in [-0.39, 0.29) is 10.1 Å². The van der Waals surface area contributed by atoms with Gasteiger partial charge in [-0.25, -0.2) is 0 Å². The highest BCUT2D eigenvalue weighted by atomic mass is 28.4. The van der Waals surface area contributed by atoms with Gasteiger partial charge in [-0.05, 0) is 245 Å². The summed E-state index contributed by atoms with van der Waals surface area (Å²) < 4.78 is 13.0. The fourth-order valence-electron chi connectivity index (χ4n) is 9.57. The summed E-state index contributed by atoms with van der Waals surface area (Å²) in [6, 6.07) is 41.0. The number of hydrogen-bond donors (Lipinski definition) is 0. The lowest BCUT2D eigenvalue weighted by atomic mass is 9.93. The van der Waals surface area contributed by atoms with E-state index in [1.165, 1.54) is 0 Å². The molecule has 1 aliphatic rings. The van der Waals surface area contributed by atoms with Crippen LogP contribution in [0, 0.1) is 116 Å². The summed E-state index contributed by atoms with van der Waals surface area (Å²) in [4.78, 5) is 0. The van der Waals surface area contributed by atoms with Crippen LogP contribution in [0.2, 0.25) is 36.3 Å². The van der Waals surface area contributed by atoms with Gasteiger partial charge in [-0.2, -0.15) is 26.3 Å². The second kappa shape index (κ2) is 35.4. The highest BCUT2D eigenvalue weighted by molar-refractivity contribution is 6.74. The standard InChI is InChI=1S/C85H89N5O2Si2/c1-14-17-20-25-32-64-39-69-49-74(44-64)79(59-86)55-70-40-65(33-26-21-18-15-2)46-76(50-70)81(61-88)57-72-42-67(35-28-23-30-37-91-93(10,11)84(4,5)6)48-78(52-72)83(63-90)58-73-43-68(36-29-24-31-38-92-94(12,13)85(7,8)9)47-77(53-73)82(62-89)56-71-41-66(34-27-22-19-16-3)45-75(51-71)80(54-69)60-87/h39-58H,14-24,30-31,37-38H2,1-13H3/b79-55+,80-54+,81-57+,82-56+,83-58+. The van der Waals surface area contributed by atoms with Crippen molar-refractivity contribution >= 4 is 74.9 Å². The van der Waals surface area contributed by atoms with Crippen LogP contribution >= 0.6 is 0 Å². The third-order valence-corrected chi connectivity index (χ3v) is 26.1. The van der Waals surface area contributed by atoms with Crippen LogP contribution in [0.3, 0.4) is 0 Å². The zero-order chi connectivity index (χ0) is 68.3. The van der Waals surface area contributed by atoms with Crippen molar-refractivity contribution < 1.29 is 8.85 Å². The Kier molecular flexibility index (Phi) is 27.7. The van der Waals surface area contributed by atoms with E-state index < -0.39 is 16.6 Å². The highest BCUT2D eigenvalue weighted by Gasteiger charge is 2.37. The molecule has 0 fully saturated rings. The molecule has 0 spiro atoms. The highest BCUT2D eigenvalue weighted by Crippen LogP contribution is 2.38. The lowest BCUT2D eigenvalue weighted by Gasteiger charge is -2.36. The van der Waals surface area contributed by atoms with Crippen molar-refractivity contribution in [3.8, 4) is 89.6 Å². The topological polar surface area (TPSA) is 137 Å². The molecule has 0 aliphatic heterocycles. The number of benzene rings is 5. The first-order chi connectivity index (χ1) is 44.9. The molecule has 474 valence electrons. The van der Waals surface area contributed by atoms with E-state index in [0.29, 0.717) is 157 Å². The molecule has 0 amide bonds. The molecule has 0 saturated heterocycles. The van der Waals surface area contributed by atoms with Gasteiger partial charge in [0.05, 0.1) is 58.2 Å². The van der Waals surface area contributed by atoms with E-state index in [1.54, 1.807) is 30.4 Å². The van der Waals surface area contributed by atoms with Crippen LogP contribution in [0.4, 0.5) is 0 Å². The summed E-state index contributed by atoms with van der Waals surface area (Å²) in [6.45, 7) is 29.9. The predicted octanol–water partition coefficient (Wildman–Crippen LogP) is 21.3. The number of allylic oxidation sites excluding steroid dienone is 5. The fourth-order valence-corrected chi connectivity index (χ4v) is 11.7. The predicted molar refractivity (Wildman–Crippen MR) is 397 cm³/mol. The SMILES string of the molecule is CCCCC#Cc1cc2cc(c1)/C(C#N)=C/c1cc(C#CCCCO[Si](C)(C)C(C)(C)C)cc(c1)/C(C#N)=C/c1cc(C#CCCCO[Si](C)(C)C(C)(C)C)cc(c1)/C(C#N)=C/c1cc(C#CCCCC)cc(c1)/C(C#N)=C/c1cc(C#CCCCC)cc(c1)/C(C#N)=C/2. The second-order valence-electron chi connectivity index (χ2n) is 26.8. The fraction of sp³-hybridized carbons (Fsp3) is 0.353. The molecular weight excluding hydrogens is 1180 g/mol. The van der Waals surface area contributed by atoms with Gasteiger partial charge in [-0.3, -0.25) is 0 Å². The van der Waals surface area contributed by atoms with Gasteiger partial charge in [0.15, 0.2) is 16.6 Å². The molecule has 9 heteroatoms. The molecule has 0 heterocycles. The van der Waals surface area contributed by atoms with Crippen LogP contribution in [0.15, 0.2) is 91.0 Å². The zero-order valence-electron chi connectivity index (χ0n) is 57.7. The minimum absolute atomic E-state index is 0.0809. The summed E-state index contributed by atoms with van der Waals surface area (Å²) in [5, 5.41) is 56.0. The average molecular weight is 1270 g/mol. The van der Waals surface area contributed by atoms with Gasteiger partial charge in [0.1, 0.15) is 0 Å². The van der Waals surface area contributed by atoms with Crippen LogP contribution in [-0.4, -0.2) is 29.8 Å². The van der Waals surface area contributed by atoms with E-state index in [4.69, 9.17) is 8.85 Å². The molecule has 0 N–H and O–H groups in total. The Morgan fingerprint density at radius 1 is 0.309 bits per heavy atom. The van der Waals surface area contributed by atoms with E-state index in [0.717, 1.165) is 51.4 Å². The average Bonchev–Trinajstić information content (AvgIpc) is 0.934. The van der Waals surface area contributed by atoms with Gasteiger partial charge in [0.2, 0.25) is 0 Å². The van der Waals surface area contributed by atoms with Gasteiger partial charge in [-0.15, -0.1) is 0 Å².